The molecule has 2 N–H and O–H groups in total. The van der Waals surface area contributed by atoms with E-state index in [0.717, 1.165) is 25.1 Å². The van der Waals surface area contributed by atoms with E-state index in [-0.39, 0.29) is 42.2 Å². The zero-order chi connectivity index (χ0) is 17.7. The fourth-order valence-corrected chi connectivity index (χ4v) is 4.71. The molecule has 1 amide bonds. The fraction of sp³-hybridized carbons (Fsp3) is 0.611. The van der Waals surface area contributed by atoms with Crippen LogP contribution in [0.4, 0.5) is 0 Å². The second kappa shape index (κ2) is 11.2. The van der Waals surface area contributed by atoms with E-state index in [2.05, 4.69) is 15.5 Å². The van der Waals surface area contributed by atoms with E-state index in [4.69, 9.17) is 0 Å². The Morgan fingerprint density at radius 3 is 2.63 bits per heavy atom. The maximum absolute atomic E-state index is 12.3. The van der Waals surface area contributed by atoms with Gasteiger partial charge in [0.1, 0.15) is 0 Å². The van der Waals surface area contributed by atoms with Gasteiger partial charge in [-0.25, -0.2) is 8.42 Å². The van der Waals surface area contributed by atoms with Crippen molar-refractivity contribution in [3.05, 3.63) is 35.4 Å². The molecule has 154 valence electrons. The Balaban J connectivity index is 0.00000182. The number of nitrogens with zero attached hydrogens (tertiary/aromatic N) is 1. The van der Waals surface area contributed by atoms with Crippen molar-refractivity contribution in [1.29, 1.82) is 0 Å². The summed E-state index contributed by atoms with van der Waals surface area (Å²) in [6.07, 6.45) is 2.21. The summed E-state index contributed by atoms with van der Waals surface area (Å²) >= 11 is 0. The summed E-state index contributed by atoms with van der Waals surface area (Å²) in [4.78, 5) is 14.5. The predicted octanol–water partition coefficient (Wildman–Crippen LogP) is 1.49. The highest BCUT2D eigenvalue weighted by Crippen LogP contribution is 2.13. The molecule has 0 radical (unpaired) electrons. The minimum absolute atomic E-state index is 0. The molecule has 27 heavy (non-hydrogen) atoms. The second-order valence-electron chi connectivity index (χ2n) is 7.03. The van der Waals surface area contributed by atoms with Crippen molar-refractivity contribution in [3.63, 3.8) is 0 Å². The first-order valence-electron chi connectivity index (χ1n) is 9.02. The lowest BCUT2D eigenvalue weighted by Crippen LogP contribution is -2.39. The van der Waals surface area contributed by atoms with Crippen LogP contribution in [0, 0.1) is 5.92 Å². The molecule has 0 bridgehead atoms. The van der Waals surface area contributed by atoms with Crippen LogP contribution in [0.1, 0.15) is 28.8 Å². The number of amides is 1. The summed E-state index contributed by atoms with van der Waals surface area (Å²) in [7, 11) is -2.86. The first-order valence-corrected chi connectivity index (χ1v) is 10.8. The third-order valence-corrected chi connectivity index (χ3v) is 6.64. The smallest absolute Gasteiger partial charge is 0.251 e. The van der Waals surface area contributed by atoms with Gasteiger partial charge in [-0.15, -0.1) is 24.8 Å². The molecular formula is C18H29Cl2N3O3S. The number of halogens is 2. The van der Waals surface area contributed by atoms with Crippen LogP contribution in [0.3, 0.4) is 0 Å². The van der Waals surface area contributed by atoms with Crippen molar-refractivity contribution in [2.24, 2.45) is 5.92 Å². The molecule has 0 aliphatic carbocycles. The molecular weight excluding hydrogens is 409 g/mol. The number of benzene rings is 1. The Bertz CT molecular complexity index is 696. The predicted molar refractivity (Wildman–Crippen MR) is 113 cm³/mol. The number of carbonyl (C=O) groups is 1. The molecule has 1 unspecified atom stereocenters. The van der Waals surface area contributed by atoms with E-state index in [1.54, 1.807) is 0 Å². The molecule has 2 aliphatic rings. The molecule has 2 fully saturated rings. The minimum atomic E-state index is -2.86. The molecule has 3 rings (SSSR count). The lowest BCUT2D eigenvalue weighted by atomic mass is 10.1. The topological polar surface area (TPSA) is 78.5 Å². The van der Waals surface area contributed by atoms with Gasteiger partial charge in [-0.3, -0.25) is 9.69 Å². The van der Waals surface area contributed by atoms with Crippen molar-refractivity contribution >= 4 is 40.6 Å². The number of hydrogen-bond acceptors (Lipinski definition) is 5. The van der Waals surface area contributed by atoms with E-state index < -0.39 is 9.84 Å². The molecule has 2 aliphatic heterocycles. The van der Waals surface area contributed by atoms with Crippen molar-refractivity contribution in [2.75, 3.05) is 44.2 Å². The Labute approximate surface area is 174 Å². The molecule has 0 aromatic heterocycles. The zero-order valence-corrected chi connectivity index (χ0v) is 17.8. The first-order chi connectivity index (χ1) is 12.0. The lowest BCUT2D eigenvalue weighted by molar-refractivity contribution is 0.0951. The quantitative estimate of drug-likeness (QED) is 0.704. The molecule has 1 aromatic rings. The Hall–Kier alpha value is -0.860. The average molecular weight is 438 g/mol. The van der Waals surface area contributed by atoms with Crippen LogP contribution in [0.5, 0.6) is 0 Å². The molecule has 6 nitrogen and oxygen atoms in total. The summed E-state index contributed by atoms with van der Waals surface area (Å²) in [5, 5.41) is 6.35. The van der Waals surface area contributed by atoms with E-state index in [0.29, 0.717) is 37.7 Å². The van der Waals surface area contributed by atoms with Crippen LogP contribution in [0.2, 0.25) is 0 Å². The van der Waals surface area contributed by atoms with Crippen LogP contribution >= 0.6 is 24.8 Å². The summed E-state index contributed by atoms with van der Waals surface area (Å²) in [5.74, 6) is 1.09. The van der Waals surface area contributed by atoms with E-state index in [9.17, 15) is 13.2 Å². The highest BCUT2D eigenvalue weighted by atomic mass is 35.5. The van der Waals surface area contributed by atoms with Gasteiger partial charge in [0.2, 0.25) is 0 Å². The number of sulfone groups is 1. The Morgan fingerprint density at radius 1 is 1.22 bits per heavy atom. The van der Waals surface area contributed by atoms with Crippen molar-refractivity contribution in [3.8, 4) is 0 Å². The third-order valence-electron chi connectivity index (χ3n) is 5.03. The maximum atomic E-state index is 12.3. The maximum Gasteiger partial charge on any atom is 0.251 e. The number of hydrogen-bond donors (Lipinski definition) is 2. The van der Waals surface area contributed by atoms with Crippen molar-refractivity contribution in [1.82, 2.24) is 15.5 Å². The van der Waals surface area contributed by atoms with Gasteiger partial charge in [0.25, 0.3) is 5.91 Å². The molecule has 2 saturated heterocycles. The van der Waals surface area contributed by atoms with Crippen LogP contribution in [0.25, 0.3) is 0 Å². The van der Waals surface area contributed by atoms with Gasteiger partial charge in [0, 0.05) is 31.7 Å². The molecule has 0 spiro atoms. The van der Waals surface area contributed by atoms with Gasteiger partial charge in [-0.1, -0.05) is 12.1 Å². The van der Waals surface area contributed by atoms with Crippen LogP contribution < -0.4 is 10.6 Å². The SMILES string of the molecule is Cl.Cl.O=C(NCCC1CCNC1)c1cccc(CN2CCS(=O)(=O)CC2)c1. The largest absolute Gasteiger partial charge is 0.352 e. The summed E-state index contributed by atoms with van der Waals surface area (Å²) in [6.45, 7) is 4.65. The molecule has 0 saturated carbocycles. The monoisotopic (exact) mass is 437 g/mol. The normalized spacial score (nSPS) is 21.7. The van der Waals surface area contributed by atoms with Crippen LogP contribution in [-0.2, 0) is 16.4 Å². The summed E-state index contributed by atoms with van der Waals surface area (Å²) in [5.41, 5.74) is 1.72. The van der Waals surface area contributed by atoms with Crippen molar-refractivity contribution < 1.29 is 13.2 Å². The number of rotatable bonds is 6. The third kappa shape index (κ3) is 7.58. The number of nitrogens with one attached hydrogen (secondary N) is 2. The zero-order valence-electron chi connectivity index (χ0n) is 15.4. The lowest BCUT2D eigenvalue weighted by Gasteiger charge is -2.26. The molecule has 1 atom stereocenters. The van der Waals surface area contributed by atoms with Gasteiger partial charge in [0.15, 0.2) is 9.84 Å². The highest BCUT2D eigenvalue weighted by molar-refractivity contribution is 7.91. The van der Waals surface area contributed by atoms with E-state index in [1.807, 2.05) is 24.3 Å². The van der Waals surface area contributed by atoms with Crippen molar-refractivity contribution in [2.45, 2.75) is 19.4 Å². The van der Waals surface area contributed by atoms with E-state index >= 15 is 0 Å². The number of carbonyl (C=O) groups excluding carboxylic acids is 1. The summed E-state index contributed by atoms with van der Waals surface area (Å²) in [6, 6.07) is 7.63. The average Bonchev–Trinajstić information content (AvgIpc) is 3.10. The molecule has 2 heterocycles. The van der Waals surface area contributed by atoms with Crippen LogP contribution in [0.15, 0.2) is 24.3 Å². The standard InChI is InChI=1S/C18H27N3O3S.2ClH/c22-18(20-7-5-15-4-6-19-13-15)17-3-1-2-16(12-17)14-21-8-10-25(23,24)11-9-21;;/h1-3,12,15,19H,4-11,13-14H2,(H,20,22);2*1H. The van der Waals surface area contributed by atoms with E-state index in [1.165, 1.54) is 6.42 Å². The highest BCUT2D eigenvalue weighted by Gasteiger charge is 2.21. The Kier molecular flexibility index (Phi) is 10.0. The van der Waals surface area contributed by atoms with Gasteiger partial charge in [0.05, 0.1) is 11.5 Å². The first kappa shape index (κ1) is 24.2. The van der Waals surface area contributed by atoms with Gasteiger partial charge in [-0.2, -0.15) is 0 Å². The fourth-order valence-electron chi connectivity index (χ4n) is 3.43. The van der Waals surface area contributed by atoms with Gasteiger partial charge >= 0.3 is 0 Å². The summed E-state index contributed by atoms with van der Waals surface area (Å²) < 4.78 is 23.0. The minimum Gasteiger partial charge on any atom is -0.352 e. The molecule has 9 heteroatoms. The molecule has 1 aromatic carbocycles. The van der Waals surface area contributed by atoms with Crippen LogP contribution in [-0.4, -0.2) is 63.5 Å². The Morgan fingerprint density at radius 2 is 1.96 bits per heavy atom. The van der Waals surface area contributed by atoms with Gasteiger partial charge in [-0.05, 0) is 49.5 Å². The second-order valence-corrected chi connectivity index (χ2v) is 9.34. The van der Waals surface area contributed by atoms with Gasteiger partial charge < -0.3 is 10.6 Å².